The lowest BCUT2D eigenvalue weighted by Crippen LogP contribution is -2.22. The Morgan fingerprint density at radius 1 is 1.21 bits per heavy atom. The van der Waals surface area contributed by atoms with Crippen molar-refractivity contribution in [3.63, 3.8) is 0 Å². The molecular formula is C17H30N2. The fourth-order valence-electron chi connectivity index (χ4n) is 2.44. The number of benzene rings is 1. The molecule has 0 aromatic heterocycles. The van der Waals surface area contributed by atoms with E-state index in [9.17, 15) is 0 Å². The molecule has 0 aliphatic carbocycles. The molecule has 0 aliphatic rings. The van der Waals surface area contributed by atoms with Crippen LogP contribution in [0.4, 0.5) is 5.69 Å². The van der Waals surface area contributed by atoms with Crippen LogP contribution in [0.15, 0.2) is 18.2 Å². The first-order chi connectivity index (χ1) is 9.08. The van der Waals surface area contributed by atoms with Gasteiger partial charge >= 0.3 is 0 Å². The molecule has 1 rings (SSSR count). The summed E-state index contributed by atoms with van der Waals surface area (Å²) in [6.07, 6.45) is 5.89. The topological polar surface area (TPSA) is 29.3 Å². The fraction of sp³-hybridized carbons (Fsp3) is 0.647. The van der Waals surface area contributed by atoms with Gasteiger partial charge in [-0.1, -0.05) is 38.8 Å². The highest BCUT2D eigenvalue weighted by Gasteiger charge is 2.07. The Balaban J connectivity index is 2.65. The third kappa shape index (κ3) is 5.23. The lowest BCUT2D eigenvalue weighted by Gasteiger charge is -2.22. The van der Waals surface area contributed by atoms with Crippen molar-refractivity contribution in [1.29, 1.82) is 0 Å². The van der Waals surface area contributed by atoms with Crippen LogP contribution in [-0.4, -0.2) is 19.6 Å². The van der Waals surface area contributed by atoms with Gasteiger partial charge in [0.1, 0.15) is 0 Å². The van der Waals surface area contributed by atoms with Crippen LogP contribution in [0.2, 0.25) is 0 Å². The van der Waals surface area contributed by atoms with Gasteiger partial charge in [-0.3, -0.25) is 0 Å². The standard InChI is InChI=1S/C17H30N2/c1-5-7-8-11-19(4)17-10-9-15(12-14(17)3)13-16(18)6-2/h9-10,12,16H,5-8,11,13,18H2,1-4H3. The van der Waals surface area contributed by atoms with Crippen molar-refractivity contribution in [3.8, 4) is 0 Å². The summed E-state index contributed by atoms with van der Waals surface area (Å²) in [5, 5.41) is 0. The van der Waals surface area contributed by atoms with Gasteiger partial charge in [0.05, 0.1) is 0 Å². The van der Waals surface area contributed by atoms with Crippen molar-refractivity contribution in [2.75, 3.05) is 18.5 Å². The molecule has 1 aromatic carbocycles. The second-order valence-electron chi connectivity index (χ2n) is 5.62. The predicted molar refractivity (Wildman–Crippen MR) is 85.9 cm³/mol. The van der Waals surface area contributed by atoms with Crippen LogP contribution < -0.4 is 10.6 Å². The number of rotatable bonds is 8. The summed E-state index contributed by atoms with van der Waals surface area (Å²) in [6.45, 7) is 7.74. The third-order valence-corrected chi connectivity index (χ3v) is 3.79. The summed E-state index contributed by atoms with van der Waals surface area (Å²) in [5.74, 6) is 0. The van der Waals surface area contributed by atoms with Gasteiger partial charge in [-0.05, 0) is 43.4 Å². The van der Waals surface area contributed by atoms with Crippen molar-refractivity contribution in [2.45, 2.75) is 58.9 Å². The van der Waals surface area contributed by atoms with Gasteiger partial charge in [-0.25, -0.2) is 0 Å². The molecular weight excluding hydrogens is 232 g/mol. The molecule has 0 radical (unpaired) electrons. The van der Waals surface area contributed by atoms with Crippen LogP contribution in [0.25, 0.3) is 0 Å². The monoisotopic (exact) mass is 262 g/mol. The average molecular weight is 262 g/mol. The minimum atomic E-state index is 0.285. The summed E-state index contributed by atoms with van der Waals surface area (Å²) < 4.78 is 0. The largest absolute Gasteiger partial charge is 0.374 e. The van der Waals surface area contributed by atoms with E-state index in [0.29, 0.717) is 0 Å². The smallest absolute Gasteiger partial charge is 0.0393 e. The van der Waals surface area contributed by atoms with E-state index in [-0.39, 0.29) is 6.04 Å². The van der Waals surface area contributed by atoms with Gasteiger partial charge < -0.3 is 10.6 Å². The first kappa shape index (κ1) is 16.0. The normalized spacial score (nSPS) is 12.5. The maximum Gasteiger partial charge on any atom is 0.0393 e. The molecule has 0 bridgehead atoms. The van der Waals surface area contributed by atoms with E-state index >= 15 is 0 Å². The summed E-state index contributed by atoms with van der Waals surface area (Å²) in [7, 11) is 2.19. The summed E-state index contributed by atoms with van der Waals surface area (Å²) >= 11 is 0. The zero-order valence-corrected chi connectivity index (χ0v) is 13.1. The van der Waals surface area contributed by atoms with Gasteiger partial charge in [0.25, 0.3) is 0 Å². The van der Waals surface area contributed by atoms with Crippen molar-refractivity contribution < 1.29 is 0 Å². The lowest BCUT2D eigenvalue weighted by atomic mass is 10.0. The third-order valence-electron chi connectivity index (χ3n) is 3.79. The van der Waals surface area contributed by atoms with Crippen molar-refractivity contribution >= 4 is 5.69 Å². The zero-order chi connectivity index (χ0) is 14.3. The molecule has 19 heavy (non-hydrogen) atoms. The molecule has 1 aromatic rings. The van der Waals surface area contributed by atoms with Crippen molar-refractivity contribution in [3.05, 3.63) is 29.3 Å². The maximum absolute atomic E-state index is 6.02. The number of nitrogens with zero attached hydrogens (tertiary/aromatic N) is 1. The van der Waals surface area contributed by atoms with E-state index < -0.39 is 0 Å². The number of hydrogen-bond acceptors (Lipinski definition) is 2. The number of hydrogen-bond donors (Lipinski definition) is 1. The lowest BCUT2D eigenvalue weighted by molar-refractivity contribution is 0.646. The zero-order valence-electron chi connectivity index (χ0n) is 13.1. The van der Waals surface area contributed by atoms with Gasteiger partial charge in [0, 0.05) is 25.3 Å². The number of nitrogens with two attached hydrogens (primary N) is 1. The van der Waals surface area contributed by atoms with E-state index in [1.165, 1.54) is 36.1 Å². The van der Waals surface area contributed by atoms with Crippen LogP contribution >= 0.6 is 0 Å². The number of anilines is 1. The Morgan fingerprint density at radius 3 is 2.53 bits per heavy atom. The molecule has 108 valence electrons. The molecule has 2 heteroatoms. The quantitative estimate of drug-likeness (QED) is 0.720. The van der Waals surface area contributed by atoms with Crippen LogP contribution in [0.3, 0.4) is 0 Å². The first-order valence-electron chi connectivity index (χ1n) is 7.64. The summed E-state index contributed by atoms with van der Waals surface area (Å²) in [5.41, 5.74) is 10.1. The molecule has 0 aliphatic heterocycles. The van der Waals surface area contributed by atoms with Gasteiger partial charge in [-0.2, -0.15) is 0 Å². The van der Waals surface area contributed by atoms with Crippen molar-refractivity contribution in [1.82, 2.24) is 0 Å². The Labute approximate surface area is 119 Å². The van der Waals surface area contributed by atoms with E-state index in [0.717, 1.165) is 19.4 Å². The Bertz CT molecular complexity index is 374. The van der Waals surface area contributed by atoms with Crippen LogP contribution in [0.1, 0.15) is 50.7 Å². The fourth-order valence-corrected chi connectivity index (χ4v) is 2.44. The molecule has 1 unspecified atom stereocenters. The van der Waals surface area contributed by atoms with Gasteiger partial charge in [-0.15, -0.1) is 0 Å². The summed E-state index contributed by atoms with van der Waals surface area (Å²) in [4.78, 5) is 2.37. The Morgan fingerprint density at radius 2 is 1.95 bits per heavy atom. The second-order valence-corrected chi connectivity index (χ2v) is 5.62. The Hall–Kier alpha value is -1.02. The van der Waals surface area contributed by atoms with Crippen LogP contribution in [0.5, 0.6) is 0 Å². The van der Waals surface area contributed by atoms with Crippen LogP contribution in [0, 0.1) is 6.92 Å². The minimum absolute atomic E-state index is 0.285. The minimum Gasteiger partial charge on any atom is -0.374 e. The molecule has 0 saturated carbocycles. The number of unbranched alkanes of at least 4 members (excludes halogenated alkanes) is 2. The molecule has 2 N–H and O–H groups in total. The Kier molecular flexibility index (Phi) is 6.93. The molecule has 0 spiro atoms. The molecule has 0 fully saturated rings. The van der Waals surface area contributed by atoms with Gasteiger partial charge in [0.15, 0.2) is 0 Å². The first-order valence-corrected chi connectivity index (χ1v) is 7.64. The SMILES string of the molecule is CCCCCN(C)c1ccc(CC(N)CC)cc1C. The molecule has 2 nitrogen and oxygen atoms in total. The number of aryl methyl sites for hydroxylation is 1. The molecule has 0 heterocycles. The average Bonchev–Trinajstić information content (AvgIpc) is 2.38. The van der Waals surface area contributed by atoms with Crippen molar-refractivity contribution in [2.24, 2.45) is 5.73 Å². The van der Waals surface area contributed by atoms with E-state index in [4.69, 9.17) is 5.73 Å². The molecule has 1 atom stereocenters. The second kappa shape index (κ2) is 8.21. The van der Waals surface area contributed by atoms with Gasteiger partial charge in [0.2, 0.25) is 0 Å². The van der Waals surface area contributed by atoms with Crippen LogP contribution in [-0.2, 0) is 6.42 Å². The molecule has 0 saturated heterocycles. The van der Waals surface area contributed by atoms with E-state index in [1.54, 1.807) is 0 Å². The predicted octanol–water partition coefficient (Wildman–Crippen LogP) is 3.90. The summed E-state index contributed by atoms with van der Waals surface area (Å²) in [6, 6.07) is 7.06. The highest BCUT2D eigenvalue weighted by atomic mass is 15.1. The highest BCUT2D eigenvalue weighted by molar-refractivity contribution is 5.54. The highest BCUT2D eigenvalue weighted by Crippen LogP contribution is 2.21. The maximum atomic E-state index is 6.02. The molecule has 0 amide bonds. The van der Waals surface area contributed by atoms with E-state index in [1.807, 2.05) is 0 Å². The van der Waals surface area contributed by atoms with E-state index in [2.05, 4.69) is 50.9 Å².